The van der Waals surface area contributed by atoms with Gasteiger partial charge in [0.1, 0.15) is 5.75 Å². The van der Waals surface area contributed by atoms with Crippen LogP contribution in [0.15, 0.2) is 42.5 Å². The summed E-state index contributed by atoms with van der Waals surface area (Å²) in [5.74, 6) is 0.943. The van der Waals surface area contributed by atoms with Crippen LogP contribution in [0.1, 0.15) is 11.1 Å². The van der Waals surface area contributed by atoms with E-state index in [-0.39, 0.29) is 5.91 Å². The van der Waals surface area contributed by atoms with Crippen molar-refractivity contribution >= 4 is 17.3 Å². The van der Waals surface area contributed by atoms with Gasteiger partial charge in [-0.15, -0.1) is 0 Å². The lowest BCUT2D eigenvalue weighted by molar-refractivity contribution is -0.117. The van der Waals surface area contributed by atoms with Gasteiger partial charge in [0.05, 0.1) is 19.3 Å². The van der Waals surface area contributed by atoms with E-state index in [0.717, 1.165) is 54.4 Å². The molecule has 0 aromatic heterocycles. The van der Waals surface area contributed by atoms with Crippen LogP contribution in [0.3, 0.4) is 0 Å². The van der Waals surface area contributed by atoms with Crippen LogP contribution in [-0.2, 0) is 4.79 Å². The van der Waals surface area contributed by atoms with Crippen molar-refractivity contribution < 1.29 is 9.53 Å². The van der Waals surface area contributed by atoms with Crippen LogP contribution in [0.5, 0.6) is 5.75 Å². The second-order valence-electron chi connectivity index (χ2n) is 6.80. The van der Waals surface area contributed by atoms with Gasteiger partial charge in [0, 0.05) is 31.9 Å². The van der Waals surface area contributed by atoms with E-state index >= 15 is 0 Å². The Morgan fingerprint density at radius 2 is 1.81 bits per heavy atom. The number of nitrogens with one attached hydrogen (secondary N) is 1. The molecule has 26 heavy (non-hydrogen) atoms. The van der Waals surface area contributed by atoms with E-state index in [1.54, 1.807) is 7.11 Å². The van der Waals surface area contributed by atoms with Crippen molar-refractivity contribution in [3.63, 3.8) is 0 Å². The SMILES string of the molecule is COc1ccccc1N1CCN(CC(=O)Nc2cc(C)ccc2C)CC1. The van der Waals surface area contributed by atoms with Crippen LogP contribution in [0.25, 0.3) is 0 Å². The Labute approximate surface area is 155 Å². The summed E-state index contributed by atoms with van der Waals surface area (Å²) in [6, 6.07) is 14.2. The van der Waals surface area contributed by atoms with Gasteiger partial charge in [0.25, 0.3) is 0 Å². The van der Waals surface area contributed by atoms with E-state index in [0.29, 0.717) is 6.54 Å². The molecule has 0 aliphatic carbocycles. The fourth-order valence-corrected chi connectivity index (χ4v) is 3.30. The summed E-state index contributed by atoms with van der Waals surface area (Å²) in [7, 11) is 1.70. The molecule has 5 heteroatoms. The zero-order valence-electron chi connectivity index (χ0n) is 15.8. The van der Waals surface area contributed by atoms with Crippen LogP contribution < -0.4 is 15.0 Å². The molecule has 2 aromatic carbocycles. The predicted octanol–water partition coefficient (Wildman–Crippen LogP) is 3.07. The van der Waals surface area contributed by atoms with Gasteiger partial charge < -0.3 is 15.0 Å². The van der Waals surface area contributed by atoms with Crippen molar-refractivity contribution in [2.45, 2.75) is 13.8 Å². The third kappa shape index (κ3) is 4.35. The molecular formula is C21H27N3O2. The summed E-state index contributed by atoms with van der Waals surface area (Å²) in [5.41, 5.74) is 4.26. The highest BCUT2D eigenvalue weighted by atomic mass is 16.5. The van der Waals surface area contributed by atoms with E-state index in [4.69, 9.17) is 4.74 Å². The minimum atomic E-state index is 0.0458. The Morgan fingerprint density at radius 1 is 1.08 bits per heavy atom. The van der Waals surface area contributed by atoms with Crippen LogP contribution >= 0.6 is 0 Å². The molecule has 0 spiro atoms. The monoisotopic (exact) mass is 353 g/mol. The average Bonchev–Trinajstić information content (AvgIpc) is 2.65. The maximum Gasteiger partial charge on any atom is 0.238 e. The number of benzene rings is 2. The number of hydrogen-bond donors (Lipinski definition) is 1. The fraction of sp³-hybridized carbons (Fsp3) is 0.381. The van der Waals surface area contributed by atoms with Crippen molar-refractivity contribution in [1.82, 2.24) is 4.90 Å². The van der Waals surface area contributed by atoms with Crippen molar-refractivity contribution in [1.29, 1.82) is 0 Å². The number of rotatable bonds is 5. The molecule has 0 bridgehead atoms. The number of anilines is 2. The van der Waals surface area contributed by atoms with E-state index in [9.17, 15) is 4.79 Å². The molecule has 1 aliphatic heterocycles. The van der Waals surface area contributed by atoms with Gasteiger partial charge in [-0.05, 0) is 43.2 Å². The van der Waals surface area contributed by atoms with Gasteiger partial charge >= 0.3 is 0 Å². The molecule has 3 rings (SSSR count). The summed E-state index contributed by atoms with van der Waals surface area (Å²) in [5, 5.41) is 3.05. The molecular weight excluding hydrogens is 326 g/mol. The Balaban J connectivity index is 1.54. The maximum atomic E-state index is 12.4. The first-order chi connectivity index (χ1) is 12.6. The molecule has 0 radical (unpaired) electrons. The third-order valence-electron chi connectivity index (χ3n) is 4.83. The highest BCUT2D eigenvalue weighted by Gasteiger charge is 2.21. The maximum absolute atomic E-state index is 12.4. The van der Waals surface area contributed by atoms with Gasteiger partial charge in [0.2, 0.25) is 5.91 Å². The van der Waals surface area contributed by atoms with Gasteiger partial charge in [-0.3, -0.25) is 9.69 Å². The molecule has 0 saturated carbocycles. The molecule has 0 unspecified atom stereocenters. The van der Waals surface area contributed by atoms with E-state index in [2.05, 4.69) is 27.2 Å². The summed E-state index contributed by atoms with van der Waals surface area (Å²) in [4.78, 5) is 16.9. The minimum absolute atomic E-state index is 0.0458. The lowest BCUT2D eigenvalue weighted by Gasteiger charge is -2.36. The van der Waals surface area contributed by atoms with Gasteiger partial charge in [-0.2, -0.15) is 0 Å². The highest BCUT2D eigenvalue weighted by molar-refractivity contribution is 5.93. The number of ether oxygens (including phenoxy) is 1. The number of piperazine rings is 1. The summed E-state index contributed by atoms with van der Waals surface area (Å²) < 4.78 is 5.46. The molecule has 138 valence electrons. The Hall–Kier alpha value is -2.53. The molecule has 5 nitrogen and oxygen atoms in total. The smallest absolute Gasteiger partial charge is 0.238 e. The van der Waals surface area contributed by atoms with Crippen LogP contribution in [0, 0.1) is 13.8 Å². The first kappa shape index (κ1) is 18.3. The normalized spacial score (nSPS) is 15.0. The number of amides is 1. The Morgan fingerprint density at radius 3 is 2.54 bits per heavy atom. The number of aryl methyl sites for hydroxylation is 2. The first-order valence-electron chi connectivity index (χ1n) is 9.04. The molecule has 1 amide bonds. The first-order valence-corrected chi connectivity index (χ1v) is 9.04. The predicted molar refractivity (Wildman–Crippen MR) is 106 cm³/mol. The summed E-state index contributed by atoms with van der Waals surface area (Å²) in [6.07, 6.45) is 0. The molecule has 2 aromatic rings. The number of carbonyl (C=O) groups excluding carboxylic acids is 1. The lowest BCUT2D eigenvalue weighted by atomic mass is 10.1. The van der Waals surface area contributed by atoms with Gasteiger partial charge in [-0.25, -0.2) is 0 Å². The van der Waals surface area contributed by atoms with E-state index in [1.165, 1.54) is 0 Å². The zero-order chi connectivity index (χ0) is 18.5. The van der Waals surface area contributed by atoms with Crippen molar-refractivity contribution in [3.05, 3.63) is 53.6 Å². The summed E-state index contributed by atoms with van der Waals surface area (Å²) in [6.45, 7) is 7.96. The number of hydrogen-bond acceptors (Lipinski definition) is 4. The van der Waals surface area contributed by atoms with Crippen LogP contribution in [0.4, 0.5) is 11.4 Å². The van der Waals surface area contributed by atoms with E-state index in [1.807, 2.05) is 44.2 Å². The van der Waals surface area contributed by atoms with Gasteiger partial charge in [-0.1, -0.05) is 24.3 Å². The number of carbonyl (C=O) groups is 1. The molecule has 1 aliphatic rings. The van der Waals surface area contributed by atoms with Crippen molar-refractivity contribution in [3.8, 4) is 5.75 Å². The lowest BCUT2D eigenvalue weighted by Crippen LogP contribution is -2.48. The fourth-order valence-electron chi connectivity index (χ4n) is 3.30. The van der Waals surface area contributed by atoms with Crippen molar-refractivity contribution in [2.75, 3.05) is 50.1 Å². The highest BCUT2D eigenvalue weighted by Crippen LogP contribution is 2.28. The molecule has 1 heterocycles. The average molecular weight is 353 g/mol. The van der Waals surface area contributed by atoms with Crippen LogP contribution in [-0.4, -0.2) is 50.6 Å². The topological polar surface area (TPSA) is 44.8 Å². The number of nitrogens with zero attached hydrogens (tertiary/aromatic N) is 2. The number of para-hydroxylation sites is 2. The molecule has 0 atom stereocenters. The standard InChI is InChI=1S/C21H27N3O2/c1-16-8-9-17(2)18(14-16)22-21(25)15-23-10-12-24(13-11-23)19-6-4-5-7-20(19)26-3/h4-9,14H,10-13,15H2,1-3H3,(H,22,25). The third-order valence-corrected chi connectivity index (χ3v) is 4.83. The largest absolute Gasteiger partial charge is 0.495 e. The Bertz CT molecular complexity index is 768. The second kappa shape index (κ2) is 8.23. The zero-order valence-corrected chi connectivity index (χ0v) is 15.8. The van der Waals surface area contributed by atoms with Crippen molar-refractivity contribution in [2.24, 2.45) is 0 Å². The Kier molecular flexibility index (Phi) is 5.78. The molecule has 1 N–H and O–H groups in total. The quantitative estimate of drug-likeness (QED) is 0.897. The molecule has 1 saturated heterocycles. The number of methoxy groups -OCH3 is 1. The van der Waals surface area contributed by atoms with E-state index < -0.39 is 0 Å². The second-order valence-corrected chi connectivity index (χ2v) is 6.80. The summed E-state index contributed by atoms with van der Waals surface area (Å²) >= 11 is 0. The minimum Gasteiger partial charge on any atom is -0.495 e. The molecule has 1 fully saturated rings. The van der Waals surface area contributed by atoms with Gasteiger partial charge in [0.15, 0.2) is 0 Å². The van der Waals surface area contributed by atoms with Crippen LogP contribution in [0.2, 0.25) is 0 Å².